The highest BCUT2D eigenvalue weighted by atomic mass is 79.9. The van der Waals surface area contributed by atoms with Gasteiger partial charge in [-0.05, 0) is 35.9 Å². The number of carbonyl (C=O) groups is 2. The molecule has 0 aliphatic carbocycles. The van der Waals surface area contributed by atoms with Crippen LogP contribution >= 0.6 is 15.9 Å². The summed E-state index contributed by atoms with van der Waals surface area (Å²) in [6.07, 6.45) is 3.66. The van der Waals surface area contributed by atoms with Crippen LogP contribution in [-0.4, -0.2) is 28.2 Å². The minimum Gasteiger partial charge on any atom is -0.338 e. The van der Waals surface area contributed by atoms with Gasteiger partial charge in [0.2, 0.25) is 11.8 Å². The molecule has 118 valence electrons. The summed E-state index contributed by atoms with van der Waals surface area (Å²) in [7, 11) is 0. The molecule has 2 heterocycles. The zero-order chi connectivity index (χ0) is 16.2. The molecule has 1 fully saturated rings. The molecule has 1 unspecified atom stereocenters. The number of benzene rings is 1. The fraction of sp³-hybridized carbons (Fsp3) is 0.235. The number of nitrogens with zero attached hydrogens (tertiary/aromatic N) is 2. The molecule has 2 aromatic rings. The molecule has 1 aliphatic rings. The fourth-order valence-corrected chi connectivity index (χ4v) is 3.02. The molecule has 6 heteroatoms. The van der Waals surface area contributed by atoms with Crippen LogP contribution in [0.4, 0.5) is 5.69 Å². The van der Waals surface area contributed by atoms with Gasteiger partial charge in [0.05, 0.1) is 5.92 Å². The van der Waals surface area contributed by atoms with E-state index in [4.69, 9.17) is 0 Å². The molecule has 0 bridgehead atoms. The van der Waals surface area contributed by atoms with Crippen LogP contribution in [-0.2, 0) is 16.1 Å². The molecule has 1 saturated heterocycles. The fourth-order valence-electron chi connectivity index (χ4n) is 2.62. The Kier molecular flexibility index (Phi) is 4.71. The van der Waals surface area contributed by atoms with E-state index < -0.39 is 0 Å². The van der Waals surface area contributed by atoms with E-state index in [0.717, 1.165) is 15.7 Å². The van der Waals surface area contributed by atoms with Crippen molar-refractivity contribution in [3.05, 3.63) is 58.8 Å². The average molecular weight is 374 g/mol. The number of amides is 2. The van der Waals surface area contributed by atoms with Gasteiger partial charge in [-0.3, -0.25) is 14.6 Å². The second kappa shape index (κ2) is 6.91. The second-order valence-corrected chi connectivity index (χ2v) is 6.45. The molecule has 1 atom stereocenters. The van der Waals surface area contributed by atoms with Gasteiger partial charge in [0.1, 0.15) is 0 Å². The van der Waals surface area contributed by atoms with Crippen molar-refractivity contribution in [2.75, 3.05) is 11.9 Å². The molecule has 23 heavy (non-hydrogen) atoms. The molecule has 0 spiro atoms. The summed E-state index contributed by atoms with van der Waals surface area (Å²) < 4.78 is 0.900. The standard InChI is InChI=1S/C17H16BrN3O2/c18-14-2-1-3-15(9-14)20-17(23)13-8-16(22)21(11-13)10-12-4-6-19-7-5-12/h1-7,9,13H,8,10-11H2,(H,20,23). The van der Waals surface area contributed by atoms with Gasteiger partial charge in [0.15, 0.2) is 0 Å². The third-order valence-electron chi connectivity index (χ3n) is 3.80. The Labute approximate surface area is 142 Å². The molecule has 1 N–H and O–H groups in total. The highest BCUT2D eigenvalue weighted by Crippen LogP contribution is 2.22. The van der Waals surface area contributed by atoms with Gasteiger partial charge in [0, 0.05) is 42.1 Å². The van der Waals surface area contributed by atoms with Crippen molar-refractivity contribution in [3.63, 3.8) is 0 Å². The van der Waals surface area contributed by atoms with Gasteiger partial charge >= 0.3 is 0 Å². The normalized spacial score (nSPS) is 17.3. The maximum Gasteiger partial charge on any atom is 0.229 e. The van der Waals surface area contributed by atoms with E-state index in [2.05, 4.69) is 26.2 Å². The van der Waals surface area contributed by atoms with E-state index in [1.54, 1.807) is 17.3 Å². The summed E-state index contributed by atoms with van der Waals surface area (Å²) in [4.78, 5) is 30.2. The van der Waals surface area contributed by atoms with Gasteiger partial charge in [-0.2, -0.15) is 0 Å². The summed E-state index contributed by atoms with van der Waals surface area (Å²) in [5, 5.41) is 2.87. The lowest BCUT2D eigenvalue weighted by molar-refractivity contribution is -0.128. The minimum absolute atomic E-state index is 0.0104. The first-order valence-corrected chi connectivity index (χ1v) is 8.14. The van der Waals surface area contributed by atoms with Crippen molar-refractivity contribution in [1.29, 1.82) is 0 Å². The topological polar surface area (TPSA) is 62.3 Å². The predicted octanol–water partition coefficient (Wildman–Crippen LogP) is 2.83. The van der Waals surface area contributed by atoms with Crippen LogP contribution in [0.5, 0.6) is 0 Å². The minimum atomic E-state index is -0.316. The number of nitrogens with one attached hydrogen (secondary N) is 1. The van der Waals surface area contributed by atoms with E-state index in [0.29, 0.717) is 13.1 Å². The van der Waals surface area contributed by atoms with Crippen molar-refractivity contribution < 1.29 is 9.59 Å². The summed E-state index contributed by atoms with van der Waals surface area (Å²) in [5.41, 5.74) is 1.74. The molecule has 1 aliphatic heterocycles. The Morgan fingerprint density at radius 2 is 2.09 bits per heavy atom. The Morgan fingerprint density at radius 1 is 1.30 bits per heavy atom. The number of anilines is 1. The van der Waals surface area contributed by atoms with E-state index >= 15 is 0 Å². The lowest BCUT2D eigenvalue weighted by Gasteiger charge is -2.16. The number of halogens is 1. The van der Waals surface area contributed by atoms with Crippen molar-refractivity contribution in [1.82, 2.24) is 9.88 Å². The van der Waals surface area contributed by atoms with Crippen LogP contribution in [0.3, 0.4) is 0 Å². The number of pyridine rings is 1. The Bertz CT molecular complexity index is 721. The molecule has 1 aromatic heterocycles. The highest BCUT2D eigenvalue weighted by molar-refractivity contribution is 9.10. The van der Waals surface area contributed by atoms with Crippen LogP contribution < -0.4 is 5.32 Å². The maximum absolute atomic E-state index is 12.4. The number of likely N-dealkylation sites (tertiary alicyclic amines) is 1. The average Bonchev–Trinajstić information content (AvgIpc) is 2.89. The molecule has 0 radical (unpaired) electrons. The largest absolute Gasteiger partial charge is 0.338 e. The van der Waals surface area contributed by atoms with Crippen molar-refractivity contribution >= 4 is 33.4 Å². The Hall–Kier alpha value is -2.21. The summed E-state index contributed by atoms with van der Waals surface area (Å²) >= 11 is 3.37. The third-order valence-corrected chi connectivity index (χ3v) is 4.29. The van der Waals surface area contributed by atoms with Crippen LogP contribution in [0.15, 0.2) is 53.3 Å². The van der Waals surface area contributed by atoms with E-state index in [9.17, 15) is 9.59 Å². The molecular weight excluding hydrogens is 358 g/mol. The SMILES string of the molecule is O=C(Nc1cccc(Br)c1)C1CC(=O)N(Cc2ccncc2)C1. The maximum atomic E-state index is 12.4. The number of rotatable bonds is 4. The summed E-state index contributed by atoms with van der Waals surface area (Å²) in [5.74, 6) is -0.423. The molecule has 0 saturated carbocycles. The van der Waals surface area contributed by atoms with Gasteiger partial charge < -0.3 is 10.2 Å². The number of hydrogen-bond donors (Lipinski definition) is 1. The number of hydrogen-bond acceptors (Lipinski definition) is 3. The quantitative estimate of drug-likeness (QED) is 0.895. The monoisotopic (exact) mass is 373 g/mol. The second-order valence-electron chi connectivity index (χ2n) is 5.53. The predicted molar refractivity (Wildman–Crippen MR) is 90.5 cm³/mol. The first kappa shape index (κ1) is 15.7. The molecular formula is C17H16BrN3O2. The smallest absolute Gasteiger partial charge is 0.229 e. The third kappa shape index (κ3) is 3.96. The van der Waals surface area contributed by atoms with Crippen LogP contribution in [0, 0.1) is 5.92 Å². The number of aromatic nitrogens is 1. The Morgan fingerprint density at radius 3 is 2.83 bits per heavy atom. The molecule has 2 amide bonds. The summed E-state index contributed by atoms with van der Waals surface area (Å²) in [6.45, 7) is 0.961. The van der Waals surface area contributed by atoms with E-state index in [1.165, 1.54) is 0 Å². The first-order valence-electron chi connectivity index (χ1n) is 7.35. The van der Waals surface area contributed by atoms with E-state index in [1.807, 2.05) is 36.4 Å². The van der Waals surface area contributed by atoms with E-state index in [-0.39, 0.29) is 24.2 Å². The van der Waals surface area contributed by atoms with Crippen molar-refractivity contribution in [2.45, 2.75) is 13.0 Å². The highest BCUT2D eigenvalue weighted by Gasteiger charge is 2.34. The summed E-state index contributed by atoms with van der Waals surface area (Å²) in [6, 6.07) is 11.2. The Balaban J connectivity index is 1.61. The van der Waals surface area contributed by atoms with Crippen LogP contribution in [0.2, 0.25) is 0 Å². The molecule has 5 nitrogen and oxygen atoms in total. The van der Waals surface area contributed by atoms with Crippen LogP contribution in [0.1, 0.15) is 12.0 Å². The lowest BCUT2D eigenvalue weighted by Crippen LogP contribution is -2.28. The zero-order valence-electron chi connectivity index (χ0n) is 12.4. The molecule has 3 rings (SSSR count). The van der Waals surface area contributed by atoms with Gasteiger partial charge in [0.25, 0.3) is 0 Å². The van der Waals surface area contributed by atoms with Gasteiger partial charge in [-0.25, -0.2) is 0 Å². The van der Waals surface area contributed by atoms with Crippen molar-refractivity contribution in [2.24, 2.45) is 5.92 Å². The zero-order valence-corrected chi connectivity index (χ0v) is 14.0. The molecule has 1 aromatic carbocycles. The first-order chi connectivity index (χ1) is 11.1. The van der Waals surface area contributed by atoms with Gasteiger partial charge in [-0.1, -0.05) is 22.0 Å². The van der Waals surface area contributed by atoms with Crippen molar-refractivity contribution in [3.8, 4) is 0 Å². The van der Waals surface area contributed by atoms with Crippen LogP contribution in [0.25, 0.3) is 0 Å². The number of carbonyl (C=O) groups excluding carboxylic acids is 2. The lowest BCUT2D eigenvalue weighted by atomic mass is 10.1. The van der Waals surface area contributed by atoms with Gasteiger partial charge in [-0.15, -0.1) is 0 Å².